The minimum Gasteiger partial charge on any atom is -0.508 e. The Balaban J connectivity index is 2.25. The highest BCUT2D eigenvalue weighted by atomic mass is 32.2. The predicted molar refractivity (Wildman–Crippen MR) is 75.8 cm³/mol. The first kappa shape index (κ1) is 15.6. The standard InChI is InChI=1S/C13H17NO6S/c15-11-5-3-10(4-6-11)14(8-13(16)17)21(18,19)9-12-2-1-7-20-12/h3-6,12,15H,1-2,7-9H2,(H,16,17). The number of carboxylic acid groups (broad SMARTS) is 1. The highest BCUT2D eigenvalue weighted by molar-refractivity contribution is 7.92. The molecule has 8 heteroatoms. The largest absolute Gasteiger partial charge is 0.508 e. The fraction of sp³-hybridized carbons (Fsp3) is 0.462. The third-order valence-corrected chi connectivity index (χ3v) is 4.98. The Morgan fingerprint density at radius 3 is 2.52 bits per heavy atom. The van der Waals surface area contributed by atoms with E-state index < -0.39 is 28.6 Å². The van der Waals surface area contributed by atoms with Crippen molar-refractivity contribution in [1.29, 1.82) is 0 Å². The molecule has 0 saturated carbocycles. The van der Waals surface area contributed by atoms with Gasteiger partial charge in [-0.05, 0) is 37.1 Å². The van der Waals surface area contributed by atoms with Gasteiger partial charge in [0.1, 0.15) is 12.3 Å². The van der Waals surface area contributed by atoms with Gasteiger partial charge in [-0.15, -0.1) is 0 Å². The number of anilines is 1. The molecule has 2 N–H and O–H groups in total. The van der Waals surface area contributed by atoms with Crippen molar-refractivity contribution in [3.8, 4) is 5.75 Å². The van der Waals surface area contributed by atoms with Crippen LogP contribution in [-0.2, 0) is 19.6 Å². The van der Waals surface area contributed by atoms with Crippen molar-refractivity contribution in [2.24, 2.45) is 0 Å². The van der Waals surface area contributed by atoms with Gasteiger partial charge >= 0.3 is 5.97 Å². The van der Waals surface area contributed by atoms with Crippen molar-refractivity contribution in [2.75, 3.05) is 23.2 Å². The number of benzene rings is 1. The van der Waals surface area contributed by atoms with E-state index in [2.05, 4.69) is 0 Å². The van der Waals surface area contributed by atoms with Crippen LogP contribution in [0.5, 0.6) is 5.75 Å². The number of ether oxygens (including phenoxy) is 1. The highest BCUT2D eigenvalue weighted by Crippen LogP contribution is 2.23. The van der Waals surface area contributed by atoms with Crippen LogP contribution in [-0.4, -0.2) is 49.6 Å². The van der Waals surface area contributed by atoms with E-state index in [1.54, 1.807) is 0 Å². The number of rotatable bonds is 6. The van der Waals surface area contributed by atoms with E-state index in [1.807, 2.05) is 0 Å². The Morgan fingerprint density at radius 1 is 1.33 bits per heavy atom. The minimum absolute atomic E-state index is 0.0226. The van der Waals surface area contributed by atoms with Gasteiger partial charge in [-0.25, -0.2) is 8.42 Å². The Hall–Kier alpha value is -1.80. The van der Waals surface area contributed by atoms with E-state index in [0.29, 0.717) is 13.0 Å². The zero-order valence-electron chi connectivity index (χ0n) is 11.3. The maximum Gasteiger partial charge on any atom is 0.324 e. The van der Waals surface area contributed by atoms with Crippen LogP contribution in [0.4, 0.5) is 5.69 Å². The number of phenols is 1. The quantitative estimate of drug-likeness (QED) is 0.804. The van der Waals surface area contributed by atoms with Crippen molar-refractivity contribution in [1.82, 2.24) is 0 Å². The van der Waals surface area contributed by atoms with Crippen molar-refractivity contribution < 1.29 is 28.2 Å². The molecule has 1 unspecified atom stereocenters. The molecule has 0 spiro atoms. The summed E-state index contributed by atoms with van der Waals surface area (Å²) in [5.74, 6) is -1.52. The second-order valence-corrected chi connectivity index (χ2v) is 6.77. The number of aliphatic carboxylic acids is 1. The van der Waals surface area contributed by atoms with Crippen LogP contribution in [0.3, 0.4) is 0 Å². The first-order valence-corrected chi connectivity index (χ1v) is 8.12. The topological polar surface area (TPSA) is 104 Å². The molecule has 2 rings (SSSR count). The predicted octanol–water partition coefficient (Wildman–Crippen LogP) is 0.792. The number of nitrogens with zero attached hydrogens (tertiary/aromatic N) is 1. The Morgan fingerprint density at radius 2 is 2.00 bits per heavy atom. The van der Waals surface area contributed by atoms with Gasteiger partial charge in [0, 0.05) is 6.61 Å². The number of hydrogen-bond acceptors (Lipinski definition) is 5. The van der Waals surface area contributed by atoms with Crippen LogP contribution in [0.1, 0.15) is 12.8 Å². The zero-order chi connectivity index (χ0) is 15.5. The first-order chi connectivity index (χ1) is 9.88. The lowest BCUT2D eigenvalue weighted by atomic mass is 10.3. The molecule has 1 aromatic carbocycles. The number of hydrogen-bond donors (Lipinski definition) is 2. The van der Waals surface area contributed by atoms with Gasteiger partial charge in [-0.3, -0.25) is 9.10 Å². The molecule has 1 heterocycles. The molecule has 0 bridgehead atoms. The summed E-state index contributed by atoms with van der Waals surface area (Å²) in [5.41, 5.74) is 0.202. The van der Waals surface area contributed by atoms with Crippen molar-refractivity contribution >= 4 is 21.7 Å². The van der Waals surface area contributed by atoms with Gasteiger partial charge in [-0.1, -0.05) is 0 Å². The molecule has 7 nitrogen and oxygen atoms in total. The van der Waals surface area contributed by atoms with Crippen LogP contribution < -0.4 is 4.31 Å². The first-order valence-electron chi connectivity index (χ1n) is 6.51. The summed E-state index contributed by atoms with van der Waals surface area (Å²) in [6.45, 7) is -0.141. The van der Waals surface area contributed by atoms with Crippen molar-refractivity contribution in [2.45, 2.75) is 18.9 Å². The Kier molecular flexibility index (Phi) is 4.69. The second-order valence-electron chi connectivity index (χ2n) is 4.83. The fourth-order valence-corrected chi connectivity index (χ4v) is 3.86. The maximum absolute atomic E-state index is 12.4. The van der Waals surface area contributed by atoms with Crippen LogP contribution in [0.25, 0.3) is 0 Å². The van der Waals surface area contributed by atoms with E-state index in [-0.39, 0.29) is 17.2 Å². The highest BCUT2D eigenvalue weighted by Gasteiger charge is 2.30. The lowest BCUT2D eigenvalue weighted by Gasteiger charge is -2.24. The summed E-state index contributed by atoms with van der Waals surface area (Å²) in [5, 5.41) is 18.2. The molecule has 1 aliphatic rings. The van der Waals surface area contributed by atoms with Gasteiger partial charge in [-0.2, -0.15) is 0 Å². The number of aromatic hydroxyl groups is 1. The molecule has 0 aliphatic carbocycles. The molecular formula is C13H17NO6S. The SMILES string of the molecule is O=C(O)CN(c1ccc(O)cc1)S(=O)(=O)CC1CCCO1. The smallest absolute Gasteiger partial charge is 0.324 e. The third kappa shape index (κ3) is 4.08. The third-order valence-electron chi connectivity index (χ3n) is 3.17. The average Bonchev–Trinajstić information content (AvgIpc) is 2.89. The number of phenolic OH excluding ortho intramolecular Hbond substituents is 1. The van der Waals surface area contributed by atoms with Crippen LogP contribution in [0, 0.1) is 0 Å². The van der Waals surface area contributed by atoms with Crippen LogP contribution in [0.15, 0.2) is 24.3 Å². The summed E-state index contributed by atoms with van der Waals surface area (Å²) in [6, 6.07) is 5.36. The number of sulfonamides is 1. The fourth-order valence-electron chi connectivity index (χ4n) is 2.19. The molecular weight excluding hydrogens is 298 g/mol. The minimum atomic E-state index is -3.82. The van der Waals surface area contributed by atoms with E-state index in [9.17, 15) is 18.3 Å². The van der Waals surface area contributed by atoms with Crippen LogP contribution >= 0.6 is 0 Å². The van der Waals surface area contributed by atoms with Gasteiger partial charge < -0.3 is 14.9 Å². The summed E-state index contributed by atoms with van der Waals surface area (Å²) >= 11 is 0. The number of carboxylic acids is 1. The van der Waals surface area contributed by atoms with Gasteiger partial charge in [0.05, 0.1) is 17.5 Å². The zero-order valence-corrected chi connectivity index (χ0v) is 12.1. The summed E-state index contributed by atoms with van der Waals surface area (Å²) in [4.78, 5) is 10.9. The maximum atomic E-state index is 12.4. The molecule has 0 amide bonds. The van der Waals surface area contributed by atoms with Crippen molar-refractivity contribution in [3.05, 3.63) is 24.3 Å². The lowest BCUT2D eigenvalue weighted by molar-refractivity contribution is -0.135. The molecule has 0 radical (unpaired) electrons. The molecule has 1 atom stereocenters. The molecule has 21 heavy (non-hydrogen) atoms. The van der Waals surface area contributed by atoms with Gasteiger partial charge in [0.2, 0.25) is 10.0 Å². The van der Waals surface area contributed by atoms with Gasteiger partial charge in [0.25, 0.3) is 0 Å². The van der Waals surface area contributed by atoms with E-state index in [0.717, 1.165) is 10.7 Å². The Labute approximate surface area is 122 Å². The molecule has 1 saturated heterocycles. The lowest BCUT2D eigenvalue weighted by Crippen LogP contribution is -2.40. The van der Waals surface area contributed by atoms with Crippen LogP contribution in [0.2, 0.25) is 0 Å². The average molecular weight is 315 g/mol. The molecule has 1 aliphatic heterocycles. The summed E-state index contributed by atoms with van der Waals surface area (Å²) < 4.78 is 31.0. The van der Waals surface area contributed by atoms with Crippen molar-refractivity contribution in [3.63, 3.8) is 0 Å². The second kappa shape index (κ2) is 6.31. The summed E-state index contributed by atoms with van der Waals surface area (Å²) in [6.07, 6.45) is 1.05. The number of carbonyl (C=O) groups is 1. The molecule has 116 valence electrons. The molecule has 1 fully saturated rings. The van der Waals surface area contributed by atoms with E-state index >= 15 is 0 Å². The normalized spacial score (nSPS) is 18.6. The molecule has 0 aromatic heterocycles. The monoisotopic (exact) mass is 315 g/mol. The summed E-state index contributed by atoms with van der Waals surface area (Å²) in [7, 11) is -3.82. The van der Waals surface area contributed by atoms with E-state index in [1.165, 1.54) is 24.3 Å². The molecule has 1 aromatic rings. The Bertz CT molecular complexity index is 592. The van der Waals surface area contributed by atoms with E-state index in [4.69, 9.17) is 9.84 Å². The van der Waals surface area contributed by atoms with Gasteiger partial charge in [0.15, 0.2) is 0 Å².